The molecule has 188 valence electrons. The second-order valence-electron chi connectivity index (χ2n) is 8.46. The molecule has 1 heterocycles. The number of nitrogens with zero attached hydrogens (tertiary/aromatic N) is 1. The van der Waals surface area contributed by atoms with Crippen LogP contribution >= 0.6 is 27.5 Å². The number of fused-ring (bicyclic) bond motifs is 1. The number of ether oxygens (including phenoxy) is 2. The molecule has 3 aromatic carbocycles. The van der Waals surface area contributed by atoms with Gasteiger partial charge in [0, 0.05) is 28.6 Å². The van der Waals surface area contributed by atoms with Crippen molar-refractivity contribution in [1.82, 2.24) is 4.98 Å². The molecule has 0 radical (unpaired) electrons. The Morgan fingerprint density at radius 3 is 2.57 bits per heavy atom. The maximum Gasteiger partial charge on any atom is 0.338 e. The molecule has 0 amide bonds. The van der Waals surface area contributed by atoms with Crippen LogP contribution in [0.15, 0.2) is 78.9 Å². The largest absolute Gasteiger partial charge is 0.465 e. The average Bonchev–Trinajstić information content (AvgIpc) is 2.90. The maximum absolute atomic E-state index is 12.2. The minimum atomic E-state index is -0.526. The highest BCUT2D eigenvalue weighted by Gasteiger charge is 2.24. The second kappa shape index (κ2) is 12.2. The maximum atomic E-state index is 12.2. The summed E-state index contributed by atoms with van der Waals surface area (Å²) in [7, 11) is 1.35. The summed E-state index contributed by atoms with van der Waals surface area (Å²) in [5.41, 5.74) is 4.64. The van der Waals surface area contributed by atoms with Crippen molar-refractivity contribution in [2.45, 2.75) is 24.3 Å². The SMILES string of the molecule is COC(=O)c1ccccc1C(Br)C[C@@H](OC(C)=O)c1cccc(C=Cc2ccc3ccc(Cl)cc3n2)c1. The van der Waals surface area contributed by atoms with Gasteiger partial charge in [-0.25, -0.2) is 9.78 Å². The number of halogens is 2. The zero-order valence-corrected chi connectivity index (χ0v) is 22.7. The molecule has 0 aliphatic heterocycles. The van der Waals surface area contributed by atoms with Crippen LogP contribution in [0.25, 0.3) is 23.1 Å². The van der Waals surface area contributed by atoms with Gasteiger partial charge in [-0.2, -0.15) is 0 Å². The monoisotopic (exact) mass is 577 g/mol. The van der Waals surface area contributed by atoms with Crippen LogP contribution < -0.4 is 0 Å². The van der Waals surface area contributed by atoms with E-state index in [9.17, 15) is 9.59 Å². The molecule has 0 aliphatic rings. The molecule has 4 rings (SSSR count). The number of alkyl halides is 1. The zero-order chi connectivity index (χ0) is 26.4. The lowest BCUT2D eigenvalue weighted by molar-refractivity contribution is -0.147. The van der Waals surface area contributed by atoms with E-state index in [1.165, 1.54) is 14.0 Å². The summed E-state index contributed by atoms with van der Waals surface area (Å²) in [5.74, 6) is -0.799. The number of esters is 2. The van der Waals surface area contributed by atoms with Crippen LogP contribution in [0.3, 0.4) is 0 Å². The van der Waals surface area contributed by atoms with E-state index in [1.807, 2.05) is 78.9 Å². The molecular weight excluding hydrogens is 554 g/mol. The molecule has 0 spiro atoms. The van der Waals surface area contributed by atoms with Crippen molar-refractivity contribution in [3.63, 3.8) is 0 Å². The lowest BCUT2D eigenvalue weighted by atomic mass is 9.96. The Labute approximate surface area is 229 Å². The second-order valence-corrected chi connectivity index (χ2v) is 10.00. The van der Waals surface area contributed by atoms with Crippen molar-refractivity contribution < 1.29 is 19.1 Å². The van der Waals surface area contributed by atoms with Gasteiger partial charge in [-0.05, 0) is 53.1 Å². The van der Waals surface area contributed by atoms with Gasteiger partial charge in [0.15, 0.2) is 0 Å². The number of hydrogen-bond donors (Lipinski definition) is 0. The Balaban J connectivity index is 1.58. The Morgan fingerprint density at radius 1 is 1.00 bits per heavy atom. The number of methoxy groups -OCH3 is 1. The number of aromatic nitrogens is 1. The summed E-state index contributed by atoms with van der Waals surface area (Å²) in [4.78, 5) is 28.6. The van der Waals surface area contributed by atoms with Crippen LogP contribution in [0.5, 0.6) is 0 Å². The van der Waals surface area contributed by atoms with Crippen molar-refractivity contribution in [3.8, 4) is 0 Å². The third kappa shape index (κ3) is 6.85. The van der Waals surface area contributed by atoms with Crippen molar-refractivity contribution in [2.24, 2.45) is 0 Å². The predicted molar refractivity (Wildman–Crippen MR) is 151 cm³/mol. The number of rotatable bonds is 8. The van der Waals surface area contributed by atoms with Gasteiger partial charge in [0.25, 0.3) is 0 Å². The van der Waals surface area contributed by atoms with Crippen molar-refractivity contribution >= 4 is 62.5 Å². The van der Waals surface area contributed by atoms with E-state index in [0.29, 0.717) is 17.0 Å². The van der Waals surface area contributed by atoms with Crippen LogP contribution in [0.2, 0.25) is 5.02 Å². The van der Waals surface area contributed by atoms with Gasteiger partial charge >= 0.3 is 11.9 Å². The molecule has 0 N–H and O–H groups in total. The summed E-state index contributed by atoms with van der Waals surface area (Å²) < 4.78 is 10.6. The molecule has 0 aliphatic carbocycles. The smallest absolute Gasteiger partial charge is 0.338 e. The van der Waals surface area contributed by atoms with E-state index in [-0.39, 0.29) is 10.8 Å². The lowest BCUT2D eigenvalue weighted by Gasteiger charge is -2.22. The van der Waals surface area contributed by atoms with Gasteiger partial charge in [0.05, 0.1) is 23.9 Å². The quantitative estimate of drug-likeness (QED) is 0.157. The van der Waals surface area contributed by atoms with E-state index >= 15 is 0 Å². The van der Waals surface area contributed by atoms with E-state index < -0.39 is 12.1 Å². The number of hydrogen-bond acceptors (Lipinski definition) is 5. The van der Waals surface area contributed by atoms with Gasteiger partial charge in [-0.3, -0.25) is 4.79 Å². The standard InChI is InChI=1S/C30H25BrClNO4/c1-19(34)37-29(18-27(31)25-8-3-4-9-26(25)30(35)36-2)22-7-5-6-20(16-22)10-14-24-15-12-21-11-13-23(32)17-28(21)33-24/h3-17,27,29H,18H2,1-2H3/t27?,29-/m1/s1. The molecular formula is C30H25BrClNO4. The number of pyridine rings is 1. The summed E-state index contributed by atoms with van der Waals surface area (Å²) in [5, 5.41) is 1.66. The molecule has 5 nitrogen and oxygen atoms in total. The Kier molecular flexibility index (Phi) is 8.74. The summed E-state index contributed by atoms with van der Waals surface area (Å²) >= 11 is 9.81. The van der Waals surface area contributed by atoms with E-state index in [4.69, 9.17) is 21.1 Å². The van der Waals surface area contributed by atoms with Gasteiger partial charge in [0.1, 0.15) is 6.10 Å². The van der Waals surface area contributed by atoms with Crippen molar-refractivity contribution in [2.75, 3.05) is 7.11 Å². The fourth-order valence-corrected chi connectivity index (χ4v) is 4.98. The Hall–Kier alpha value is -3.48. The Bertz CT molecular complexity index is 1470. The molecule has 0 saturated heterocycles. The molecule has 0 bridgehead atoms. The van der Waals surface area contributed by atoms with Crippen LogP contribution in [0.4, 0.5) is 0 Å². The zero-order valence-electron chi connectivity index (χ0n) is 20.4. The molecule has 37 heavy (non-hydrogen) atoms. The minimum Gasteiger partial charge on any atom is -0.465 e. The first kappa shape index (κ1) is 26.6. The predicted octanol–water partition coefficient (Wildman–Crippen LogP) is 7.98. The van der Waals surface area contributed by atoms with Gasteiger partial charge < -0.3 is 9.47 Å². The highest BCUT2D eigenvalue weighted by atomic mass is 79.9. The number of benzene rings is 3. The van der Waals surface area contributed by atoms with Crippen molar-refractivity contribution in [3.05, 3.63) is 112 Å². The summed E-state index contributed by atoms with van der Waals surface area (Å²) in [6, 6.07) is 24.6. The van der Waals surface area contributed by atoms with Crippen LogP contribution in [-0.2, 0) is 14.3 Å². The molecule has 7 heteroatoms. The molecule has 0 saturated carbocycles. The van der Waals surface area contributed by atoms with Gasteiger partial charge in [0.2, 0.25) is 0 Å². The topological polar surface area (TPSA) is 65.5 Å². The highest BCUT2D eigenvalue weighted by molar-refractivity contribution is 9.09. The third-order valence-corrected chi connectivity index (χ3v) is 6.94. The first-order valence-corrected chi connectivity index (χ1v) is 13.0. The van der Waals surface area contributed by atoms with Gasteiger partial charge in [-0.1, -0.05) is 82.1 Å². The molecule has 1 aromatic heterocycles. The van der Waals surface area contributed by atoms with Crippen LogP contribution in [-0.4, -0.2) is 24.0 Å². The first-order chi connectivity index (χ1) is 17.8. The molecule has 2 atom stereocenters. The average molecular weight is 579 g/mol. The number of carbonyl (C=O) groups excluding carboxylic acids is 2. The molecule has 0 fully saturated rings. The summed E-state index contributed by atoms with van der Waals surface area (Å²) in [6.45, 7) is 1.39. The number of carbonyl (C=O) groups is 2. The first-order valence-electron chi connectivity index (χ1n) is 11.7. The fourth-order valence-electron chi connectivity index (χ4n) is 4.08. The highest BCUT2D eigenvalue weighted by Crippen LogP contribution is 2.37. The van der Waals surface area contributed by atoms with Crippen LogP contribution in [0.1, 0.15) is 57.0 Å². The molecule has 4 aromatic rings. The van der Waals surface area contributed by atoms with Gasteiger partial charge in [-0.15, -0.1) is 0 Å². The summed E-state index contributed by atoms with van der Waals surface area (Å²) in [6.07, 6.45) is 3.79. The van der Waals surface area contributed by atoms with Crippen molar-refractivity contribution in [1.29, 1.82) is 0 Å². The van der Waals surface area contributed by atoms with Crippen LogP contribution in [0, 0.1) is 0 Å². The van der Waals surface area contributed by atoms with E-state index in [2.05, 4.69) is 20.9 Å². The fraction of sp³-hybridized carbons (Fsp3) is 0.167. The Morgan fingerprint density at radius 2 is 1.78 bits per heavy atom. The van der Waals surface area contributed by atoms with E-state index in [1.54, 1.807) is 12.1 Å². The third-order valence-electron chi connectivity index (χ3n) is 5.84. The lowest BCUT2D eigenvalue weighted by Crippen LogP contribution is -2.13. The molecule has 1 unspecified atom stereocenters. The normalized spacial score (nSPS) is 12.9. The van der Waals surface area contributed by atoms with E-state index in [0.717, 1.165) is 33.3 Å². The minimum absolute atomic E-state index is 0.250.